The zero-order valence-corrected chi connectivity index (χ0v) is 23.0. The van der Waals surface area contributed by atoms with Crippen molar-refractivity contribution in [2.45, 2.75) is 30.8 Å². The summed E-state index contributed by atoms with van der Waals surface area (Å²) in [5, 5.41) is 13.0. The van der Waals surface area contributed by atoms with Gasteiger partial charge in [-0.2, -0.15) is 9.40 Å². The maximum atomic E-state index is 13.8. The molecule has 13 heteroatoms. The Labute approximate surface area is 226 Å². The number of aromatic nitrogens is 2. The van der Waals surface area contributed by atoms with Crippen LogP contribution in [0.1, 0.15) is 35.5 Å². The van der Waals surface area contributed by atoms with Gasteiger partial charge in [0.05, 0.1) is 21.7 Å². The first-order valence-corrected chi connectivity index (χ1v) is 14.0. The minimum Gasteiger partial charge on any atom is -0.387 e. The molecule has 0 radical (unpaired) electrons. The number of anilines is 3. The largest absolute Gasteiger partial charge is 0.387 e. The van der Waals surface area contributed by atoms with E-state index in [2.05, 4.69) is 37.7 Å². The molecule has 10 nitrogen and oxygen atoms in total. The van der Waals surface area contributed by atoms with E-state index in [1.54, 1.807) is 27.0 Å². The summed E-state index contributed by atoms with van der Waals surface area (Å²) in [6.07, 6.45) is 0. The van der Waals surface area contributed by atoms with E-state index in [1.807, 2.05) is 12.1 Å². The van der Waals surface area contributed by atoms with Crippen molar-refractivity contribution >= 4 is 33.1 Å². The fourth-order valence-electron chi connectivity index (χ4n) is 5.16. The summed E-state index contributed by atoms with van der Waals surface area (Å²) >= 11 is 0. The van der Waals surface area contributed by atoms with Crippen molar-refractivity contribution in [2.75, 3.05) is 55.8 Å². The Kier molecular flexibility index (Phi) is 6.85. The number of carbonyl (C=O) groups is 1. The molecule has 5 rings (SSSR count). The third kappa shape index (κ3) is 4.85. The van der Waals surface area contributed by atoms with Crippen LogP contribution in [-0.4, -0.2) is 74.0 Å². The Morgan fingerprint density at radius 3 is 2.36 bits per heavy atom. The number of carbonyl (C=O) groups excluding carboxylic acids is 1. The van der Waals surface area contributed by atoms with Gasteiger partial charge in [0.25, 0.3) is 5.91 Å². The maximum absolute atomic E-state index is 13.8. The molecule has 3 N–H and O–H groups in total. The minimum absolute atomic E-state index is 0.143. The molecule has 0 unspecified atom stereocenters. The third-order valence-electron chi connectivity index (χ3n) is 7.45. The van der Waals surface area contributed by atoms with Crippen LogP contribution < -0.4 is 15.5 Å². The van der Waals surface area contributed by atoms with Crippen molar-refractivity contribution < 1.29 is 22.0 Å². The zero-order chi connectivity index (χ0) is 28.1. The standard InChI is InChI=1S/C26H31F2N7O3S/c1-26(2)23-21(15-35(26)39(37,38)19-12-16(27)11-17(28)13-19)24(32-31-23)30-25(36)20-6-5-18(14-22(20)29-3)34-9-7-33(4)8-10-34/h5-6,11-14,29H,7-10,15H2,1-4H3,(H2,30,31,32,36). The van der Waals surface area contributed by atoms with Gasteiger partial charge in [-0.25, -0.2) is 17.2 Å². The van der Waals surface area contributed by atoms with E-state index in [1.165, 1.54) is 0 Å². The Bertz CT molecular complexity index is 1510. The highest BCUT2D eigenvalue weighted by molar-refractivity contribution is 7.89. The molecule has 3 heterocycles. The summed E-state index contributed by atoms with van der Waals surface area (Å²) in [6.45, 7) is 6.87. The van der Waals surface area contributed by atoms with Crippen LogP contribution in [0.4, 0.5) is 26.0 Å². The Morgan fingerprint density at radius 1 is 1.05 bits per heavy atom. The molecule has 0 spiro atoms. The normalized spacial score (nSPS) is 17.7. The fourth-order valence-corrected chi connectivity index (χ4v) is 6.93. The van der Waals surface area contributed by atoms with Crippen molar-refractivity contribution in [1.82, 2.24) is 19.4 Å². The number of hydrogen-bond donors (Lipinski definition) is 3. The summed E-state index contributed by atoms with van der Waals surface area (Å²) in [5.74, 6) is -2.20. The van der Waals surface area contributed by atoms with Gasteiger partial charge >= 0.3 is 0 Å². The number of aromatic amines is 1. The first-order chi connectivity index (χ1) is 18.4. The van der Waals surface area contributed by atoms with Gasteiger partial charge in [0, 0.05) is 62.8 Å². The highest BCUT2D eigenvalue weighted by Gasteiger charge is 2.48. The molecule has 0 saturated carbocycles. The van der Waals surface area contributed by atoms with Crippen molar-refractivity contribution in [3.8, 4) is 0 Å². The van der Waals surface area contributed by atoms with Gasteiger partial charge in [-0.05, 0) is 51.2 Å². The van der Waals surface area contributed by atoms with Crippen molar-refractivity contribution in [3.05, 3.63) is 64.9 Å². The second kappa shape index (κ2) is 9.88. The van der Waals surface area contributed by atoms with E-state index in [9.17, 15) is 22.0 Å². The van der Waals surface area contributed by atoms with Crippen LogP contribution in [0, 0.1) is 11.6 Å². The SMILES string of the molecule is CNc1cc(N2CCN(C)CC2)ccc1C(=O)Nc1n[nH]c2c1CN(S(=O)(=O)c1cc(F)cc(F)c1)C2(C)C. The number of sulfonamides is 1. The molecule has 2 aliphatic rings. The summed E-state index contributed by atoms with van der Waals surface area (Å²) in [7, 11) is -0.448. The lowest BCUT2D eigenvalue weighted by Crippen LogP contribution is -2.44. The van der Waals surface area contributed by atoms with E-state index in [-0.39, 0.29) is 12.4 Å². The maximum Gasteiger partial charge on any atom is 0.258 e. The van der Waals surface area contributed by atoms with Crippen LogP contribution in [-0.2, 0) is 22.1 Å². The molecule has 0 atom stereocenters. The number of nitrogens with one attached hydrogen (secondary N) is 3. The first kappa shape index (κ1) is 27.0. The van der Waals surface area contributed by atoms with Crippen molar-refractivity contribution in [3.63, 3.8) is 0 Å². The molecule has 1 aromatic heterocycles. The zero-order valence-electron chi connectivity index (χ0n) is 22.2. The summed E-state index contributed by atoms with van der Waals surface area (Å²) in [6, 6.07) is 7.78. The van der Waals surface area contributed by atoms with Crippen LogP contribution in [0.2, 0.25) is 0 Å². The number of piperazine rings is 1. The lowest BCUT2D eigenvalue weighted by molar-refractivity contribution is 0.102. The number of H-pyrrole nitrogens is 1. The Hall–Kier alpha value is -3.55. The summed E-state index contributed by atoms with van der Waals surface area (Å²) in [5.41, 5.74) is 1.91. The second-order valence-corrected chi connectivity index (χ2v) is 12.2. The van der Waals surface area contributed by atoms with Crippen molar-refractivity contribution in [1.29, 1.82) is 0 Å². The Morgan fingerprint density at radius 2 is 1.72 bits per heavy atom. The molecule has 0 aliphatic carbocycles. The molecule has 1 saturated heterocycles. The van der Waals surface area contributed by atoms with Gasteiger partial charge in [-0.15, -0.1) is 0 Å². The van der Waals surface area contributed by atoms with Gasteiger partial charge in [-0.3, -0.25) is 9.89 Å². The second-order valence-electron chi connectivity index (χ2n) is 10.3. The first-order valence-electron chi connectivity index (χ1n) is 12.5. The topological polar surface area (TPSA) is 114 Å². The average Bonchev–Trinajstić information content (AvgIpc) is 3.41. The predicted molar refractivity (Wildman–Crippen MR) is 144 cm³/mol. The monoisotopic (exact) mass is 559 g/mol. The number of hydrogen-bond acceptors (Lipinski definition) is 7. The molecule has 0 bridgehead atoms. The van der Waals surface area contributed by atoms with Gasteiger partial charge in [0.15, 0.2) is 5.82 Å². The molecule has 2 aromatic carbocycles. The van der Waals surface area contributed by atoms with Crippen LogP contribution in [0.5, 0.6) is 0 Å². The highest BCUT2D eigenvalue weighted by Crippen LogP contribution is 2.44. The molecule has 39 heavy (non-hydrogen) atoms. The Balaban J connectivity index is 1.39. The molecule has 2 aliphatic heterocycles. The fraction of sp³-hybridized carbons (Fsp3) is 0.385. The molecule has 208 valence electrons. The van der Waals surface area contributed by atoms with Crippen LogP contribution in [0.3, 0.4) is 0 Å². The van der Waals surface area contributed by atoms with Crippen molar-refractivity contribution in [2.24, 2.45) is 0 Å². The van der Waals surface area contributed by atoms with E-state index >= 15 is 0 Å². The van der Waals surface area contributed by atoms with E-state index in [4.69, 9.17) is 0 Å². The van der Waals surface area contributed by atoms with E-state index < -0.39 is 38.0 Å². The van der Waals surface area contributed by atoms with Crippen LogP contribution in [0.25, 0.3) is 0 Å². The molecular formula is C26H31F2N7O3S. The number of amides is 1. The van der Waals surface area contributed by atoms with Gasteiger partial charge < -0.3 is 20.4 Å². The smallest absolute Gasteiger partial charge is 0.258 e. The van der Waals surface area contributed by atoms with Gasteiger partial charge in [0.2, 0.25) is 10.0 Å². The van der Waals surface area contributed by atoms with E-state index in [0.717, 1.165) is 48.3 Å². The number of likely N-dealkylation sites (N-methyl/N-ethyl adjacent to an activating group) is 1. The minimum atomic E-state index is -4.28. The number of rotatable bonds is 6. The molecule has 3 aromatic rings. The lowest BCUT2D eigenvalue weighted by Gasteiger charge is -2.34. The number of fused-ring (bicyclic) bond motifs is 1. The van der Waals surface area contributed by atoms with Gasteiger partial charge in [-0.1, -0.05) is 0 Å². The van der Waals surface area contributed by atoms with E-state index in [0.29, 0.717) is 28.6 Å². The van der Waals surface area contributed by atoms with Crippen LogP contribution >= 0.6 is 0 Å². The molecule has 1 amide bonds. The average molecular weight is 560 g/mol. The number of halogens is 2. The van der Waals surface area contributed by atoms with Crippen LogP contribution in [0.15, 0.2) is 41.3 Å². The number of benzene rings is 2. The number of nitrogens with zero attached hydrogens (tertiary/aromatic N) is 4. The molecule has 1 fully saturated rings. The predicted octanol–water partition coefficient (Wildman–Crippen LogP) is 3.17. The van der Waals surface area contributed by atoms with Gasteiger partial charge in [0.1, 0.15) is 11.6 Å². The lowest BCUT2D eigenvalue weighted by atomic mass is 10.0. The third-order valence-corrected chi connectivity index (χ3v) is 9.44. The summed E-state index contributed by atoms with van der Waals surface area (Å²) in [4.78, 5) is 17.4. The quantitative estimate of drug-likeness (QED) is 0.425. The molecular weight excluding hydrogens is 528 g/mol. The summed E-state index contributed by atoms with van der Waals surface area (Å²) < 4.78 is 55.6. The highest BCUT2D eigenvalue weighted by atomic mass is 32.2.